The summed E-state index contributed by atoms with van der Waals surface area (Å²) in [5.74, 6) is -1.07. The zero-order valence-corrected chi connectivity index (χ0v) is 15.7. The number of aliphatic carboxylic acids is 1. The number of amides is 2. The van der Waals surface area contributed by atoms with Crippen LogP contribution >= 0.6 is 0 Å². The lowest BCUT2D eigenvalue weighted by atomic mass is 10.0. The first-order valence-electron chi connectivity index (χ1n) is 8.32. The van der Waals surface area contributed by atoms with Gasteiger partial charge in [0.1, 0.15) is 17.2 Å². The Bertz CT molecular complexity index is 866. The molecule has 0 bridgehead atoms. The number of hydrogen-bond donors (Lipinski definition) is 3. The second-order valence-corrected chi connectivity index (χ2v) is 5.74. The van der Waals surface area contributed by atoms with Crippen LogP contribution in [-0.2, 0) is 4.79 Å². The van der Waals surface area contributed by atoms with E-state index in [9.17, 15) is 19.5 Å². The Morgan fingerprint density at radius 1 is 1.11 bits per heavy atom. The van der Waals surface area contributed by atoms with E-state index in [1.807, 2.05) is 0 Å². The van der Waals surface area contributed by atoms with E-state index < -0.39 is 17.9 Å². The largest absolute Gasteiger partial charge is 0.497 e. The third kappa shape index (κ3) is 4.97. The van der Waals surface area contributed by atoms with Gasteiger partial charge >= 0.3 is 5.97 Å². The number of nitrogens with one attached hydrogen (secondary N) is 2. The Kier molecular flexibility index (Phi) is 6.91. The minimum absolute atomic E-state index is 0.165. The fraction of sp³-hybridized carbons (Fsp3) is 0.263. The van der Waals surface area contributed by atoms with Crippen LogP contribution in [-0.4, -0.2) is 49.1 Å². The lowest BCUT2D eigenvalue weighted by Crippen LogP contribution is -2.30. The van der Waals surface area contributed by atoms with Crippen molar-refractivity contribution in [1.82, 2.24) is 15.6 Å². The average molecular weight is 387 g/mol. The fourth-order valence-corrected chi connectivity index (χ4v) is 2.55. The highest BCUT2D eigenvalue weighted by molar-refractivity contribution is 5.96. The fourth-order valence-electron chi connectivity index (χ4n) is 2.55. The van der Waals surface area contributed by atoms with Crippen LogP contribution in [0.25, 0.3) is 0 Å². The van der Waals surface area contributed by atoms with Crippen LogP contribution in [0.2, 0.25) is 0 Å². The molecule has 2 aromatic rings. The van der Waals surface area contributed by atoms with E-state index in [0.29, 0.717) is 17.1 Å². The number of aromatic nitrogens is 1. The molecule has 0 aliphatic heterocycles. The molecule has 1 unspecified atom stereocenters. The Labute approximate surface area is 161 Å². The lowest BCUT2D eigenvalue weighted by molar-refractivity contribution is -0.137. The third-order valence-electron chi connectivity index (χ3n) is 3.99. The zero-order valence-electron chi connectivity index (χ0n) is 15.7. The van der Waals surface area contributed by atoms with Gasteiger partial charge in [-0.25, -0.2) is 0 Å². The summed E-state index contributed by atoms with van der Waals surface area (Å²) >= 11 is 0. The molecular formula is C19H21N3O6. The third-order valence-corrected chi connectivity index (χ3v) is 3.99. The summed E-state index contributed by atoms with van der Waals surface area (Å²) < 4.78 is 10.4. The molecule has 1 aromatic carbocycles. The van der Waals surface area contributed by atoms with Crippen molar-refractivity contribution in [3.8, 4) is 11.5 Å². The maximum absolute atomic E-state index is 12.6. The van der Waals surface area contributed by atoms with Gasteiger partial charge in [0, 0.05) is 24.9 Å². The summed E-state index contributed by atoms with van der Waals surface area (Å²) in [6.07, 6.45) is 0.904. The quantitative estimate of drug-likeness (QED) is 0.625. The molecule has 0 saturated carbocycles. The number of nitrogens with zero attached hydrogens (tertiary/aromatic N) is 1. The Morgan fingerprint density at radius 3 is 2.39 bits per heavy atom. The summed E-state index contributed by atoms with van der Waals surface area (Å²) in [5.41, 5.74) is 0.850. The van der Waals surface area contributed by atoms with Gasteiger partial charge in [0.05, 0.1) is 32.2 Å². The molecule has 0 saturated heterocycles. The number of carboxylic acids is 1. The predicted octanol–water partition coefficient (Wildman–Crippen LogP) is 1.40. The van der Waals surface area contributed by atoms with Crippen LogP contribution < -0.4 is 20.1 Å². The number of carboxylic acid groups (broad SMARTS) is 1. The van der Waals surface area contributed by atoms with Crippen LogP contribution in [0.4, 0.5) is 0 Å². The maximum atomic E-state index is 12.6. The van der Waals surface area contributed by atoms with Gasteiger partial charge in [0.25, 0.3) is 11.8 Å². The topological polar surface area (TPSA) is 127 Å². The van der Waals surface area contributed by atoms with Crippen molar-refractivity contribution < 1.29 is 29.0 Å². The molecule has 0 spiro atoms. The number of carbonyl (C=O) groups is 3. The number of benzene rings is 1. The SMILES string of the molecule is CNC(=O)c1ccc(C(=O)NC(CC(=O)O)c2ccc(OC)cc2OC)cn1. The van der Waals surface area contributed by atoms with Gasteiger partial charge in [-0.2, -0.15) is 0 Å². The van der Waals surface area contributed by atoms with Crippen molar-refractivity contribution in [3.63, 3.8) is 0 Å². The molecular weight excluding hydrogens is 366 g/mol. The Morgan fingerprint density at radius 2 is 1.86 bits per heavy atom. The first-order valence-corrected chi connectivity index (χ1v) is 8.32. The first-order chi connectivity index (χ1) is 13.4. The van der Waals surface area contributed by atoms with Crippen molar-refractivity contribution in [1.29, 1.82) is 0 Å². The molecule has 1 aromatic heterocycles. The van der Waals surface area contributed by atoms with Crippen LogP contribution in [0.3, 0.4) is 0 Å². The smallest absolute Gasteiger partial charge is 0.305 e. The summed E-state index contributed by atoms with van der Waals surface area (Å²) in [5, 5.41) is 14.4. The van der Waals surface area contributed by atoms with Crippen LogP contribution in [0.1, 0.15) is 38.9 Å². The van der Waals surface area contributed by atoms with E-state index in [2.05, 4.69) is 15.6 Å². The summed E-state index contributed by atoms with van der Waals surface area (Å²) in [6, 6.07) is 6.90. The molecule has 1 heterocycles. The van der Waals surface area contributed by atoms with Crippen molar-refractivity contribution >= 4 is 17.8 Å². The number of methoxy groups -OCH3 is 2. The maximum Gasteiger partial charge on any atom is 0.305 e. The van der Waals surface area contributed by atoms with Crippen molar-refractivity contribution in [2.24, 2.45) is 0 Å². The summed E-state index contributed by atoms with van der Waals surface area (Å²) in [6.45, 7) is 0. The van der Waals surface area contributed by atoms with Crippen molar-refractivity contribution in [2.75, 3.05) is 21.3 Å². The van der Waals surface area contributed by atoms with Crippen molar-refractivity contribution in [2.45, 2.75) is 12.5 Å². The highest BCUT2D eigenvalue weighted by Crippen LogP contribution is 2.31. The standard InChI is InChI=1S/C19H21N3O6/c1-20-19(26)14-7-4-11(10-21-14)18(25)22-15(9-17(23)24)13-6-5-12(27-2)8-16(13)28-3/h4-8,10,15H,9H2,1-3H3,(H,20,26)(H,22,25)(H,23,24). The number of pyridine rings is 1. The van der Waals surface area contributed by atoms with Gasteiger partial charge in [-0.05, 0) is 24.3 Å². The molecule has 2 rings (SSSR count). The molecule has 9 nitrogen and oxygen atoms in total. The van der Waals surface area contributed by atoms with Gasteiger partial charge < -0.3 is 25.2 Å². The van der Waals surface area contributed by atoms with E-state index in [1.165, 1.54) is 39.6 Å². The molecule has 0 aliphatic carbocycles. The minimum atomic E-state index is -1.09. The van der Waals surface area contributed by atoms with E-state index in [0.717, 1.165) is 0 Å². The minimum Gasteiger partial charge on any atom is -0.497 e. The molecule has 28 heavy (non-hydrogen) atoms. The number of ether oxygens (including phenoxy) is 2. The van der Waals surface area contributed by atoms with Gasteiger partial charge in [0.15, 0.2) is 0 Å². The zero-order chi connectivity index (χ0) is 20.7. The lowest BCUT2D eigenvalue weighted by Gasteiger charge is -2.20. The van der Waals surface area contributed by atoms with E-state index >= 15 is 0 Å². The highest BCUT2D eigenvalue weighted by atomic mass is 16.5. The number of carbonyl (C=O) groups excluding carboxylic acids is 2. The summed E-state index contributed by atoms with van der Waals surface area (Å²) in [7, 11) is 4.42. The van der Waals surface area contributed by atoms with E-state index in [1.54, 1.807) is 18.2 Å². The molecule has 9 heteroatoms. The van der Waals surface area contributed by atoms with Crippen molar-refractivity contribution in [3.05, 3.63) is 53.3 Å². The highest BCUT2D eigenvalue weighted by Gasteiger charge is 2.23. The van der Waals surface area contributed by atoms with Crippen LogP contribution in [0, 0.1) is 0 Å². The molecule has 0 fully saturated rings. The average Bonchev–Trinajstić information content (AvgIpc) is 2.71. The van der Waals surface area contributed by atoms with Gasteiger partial charge in [-0.1, -0.05) is 0 Å². The van der Waals surface area contributed by atoms with Crippen LogP contribution in [0.15, 0.2) is 36.5 Å². The van der Waals surface area contributed by atoms with Gasteiger partial charge in [0.2, 0.25) is 0 Å². The Balaban J connectivity index is 2.28. The first kappa shape index (κ1) is 20.7. The van der Waals surface area contributed by atoms with Gasteiger partial charge in [-0.3, -0.25) is 19.4 Å². The van der Waals surface area contributed by atoms with Crippen LogP contribution in [0.5, 0.6) is 11.5 Å². The molecule has 148 valence electrons. The monoisotopic (exact) mass is 387 g/mol. The van der Waals surface area contributed by atoms with E-state index in [-0.39, 0.29) is 23.6 Å². The molecule has 3 N–H and O–H groups in total. The molecule has 1 atom stereocenters. The van der Waals surface area contributed by atoms with E-state index in [4.69, 9.17) is 9.47 Å². The second-order valence-electron chi connectivity index (χ2n) is 5.74. The van der Waals surface area contributed by atoms with Gasteiger partial charge in [-0.15, -0.1) is 0 Å². The molecule has 2 amide bonds. The number of rotatable bonds is 8. The summed E-state index contributed by atoms with van der Waals surface area (Å²) in [4.78, 5) is 39.4. The Hall–Kier alpha value is -3.62. The normalized spacial score (nSPS) is 11.2. The second kappa shape index (κ2) is 9.36. The number of hydrogen-bond acceptors (Lipinski definition) is 6. The predicted molar refractivity (Wildman–Crippen MR) is 99.6 cm³/mol. The molecule has 0 aliphatic rings. The molecule has 0 radical (unpaired) electrons.